The Kier molecular flexibility index (Phi) is 6.53. The molecule has 3 rings (SSSR count). The standard InChI is InChI=1S/C20H13F9N2O5/c1-17(11-5-12(18(21,22)23)7-13(6-11)19(24,25)26)9-35-16(32)30(17)8-10-4-14(36-20(27,28)29)2-3-15(10)31(33)34/h2-7H,8-9H2,1H3/t17-/m1/s1. The SMILES string of the molecule is C[C@]1(c2cc(C(F)(F)F)cc(C(F)(F)F)c2)COC(=O)N1Cc1cc(OC(F)(F)F)ccc1[N+](=O)[O-]. The first-order valence-corrected chi connectivity index (χ1v) is 9.59. The third-order valence-electron chi connectivity index (χ3n) is 5.31. The molecule has 2 aromatic rings. The number of nitro groups is 1. The fraction of sp³-hybridized carbons (Fsp3) is 0.350. The minimum atomic E-state index is -5.21. The van der Waals surface area contributed by atoms with Crippen LogP contribution in [0.4, 0.5) is 50.0 Å². The van der Waals surface area contributed by atoms with Gasteiger partial charge in [0.05, 0.1) is 28.2 Å². The quantitative estimate of drug-likeness (QED) is 0.253. The summed E-state index contributed by atoms with van der Waals surface area (Å²) in [6, 6.07) is 2.44. The van der Waals surface area contributed by atoms with Crippen molar-refractivity contribution < 1.29 is 58.7 Å². The molecule has 0 aliphatic carbocycles. The molecule has 0 aromatic heterocycles. The van der Waals surface area contributed by atoms with Gasteiger partial charge in [-0.1, -0.05) is 0 Å². The summed E-state index contributed by atoms with van der Waals surface area (Å²) in [6.07, 6.45) is -16.9. The summed E-state index contributed by atoms with van der Waals surface area (Å²) in [5, 5.41) is 11.4. The van der Waals surface area contributed by atoms with Crippen LogP contribution in [0.1, 0.15) is 29.2 Å². The average Bonchev–Trinajstić information content (AvgIpc) is 3.00. The van der Waals surface area contributed by atoms with Gasteiger partial charge in [0.1, 0.15) is 17.9 Å². The molecule has 0 N–H and O–H groups in total. The molecule has 1 atom stereocenters. The maximum absolute atomic E-state index is 13.3. The monoisotopic (exact) mass is 532 g/mol. The third-order valence-corrected chi connectivity index (χ3v) is 5.31. The lowest BCUT2D eigenvalue weighted by atomic mass is 9.88. The normalized spacial score (nSPS) is 18.8. The van der Waals surface area contributed by atoms with Crippen LogP contribution in [0.25, 0.3) is 0 Å². The number of carbonyl (C=O) groups excluding carboxylic acids is 1. The van der Waals surface area contributed by atoms with Crippen LogP contribution in [-0.4, -0.2) is 28.9 Å². The number of hydrogen-bond acceptors (Lipinski definition) is 5. The van der Waals surface area contributed by atoms with Gasteiger partial charge in [0.25, 0.3) is 5.69 Å². The zero-order valence-electron chi connectivity index (χ0n) is 17.7. The number of ether oxygens (including phenoxy) is 2. The van der Waals surface area contributed by atoms with E-state index in [-0.39, 0.29) is 6.07 Å². The van der Waals surface area contributed by atoms with E-state index in [1.165, 1.54) is 0 Å². The molecule has 0 spiro atoms. The molecule has 1 amide bonds. The number of amides is 1. The second-order valence-corrected chi connectivity index (χ2v) is 7.80. The van der Waals surface area contributed by atoms with Crippen molar-refractivity contribution in [3.63, 3.8) is 0 Å². The summed E-state index contributed by atoms with van der Waals surface area (Å²) >= 11 is 0. The van der Waals surface area contributed by atoms with Crippen molar-refractivity contribution in [1.82, 2.24) is 4.90 Å². The van der Waals surface area contributed by atoms with Gasteiger partial charge >= 0.3 is 24.8 Å². The number of rotatable bonds is 5. The number of benzene rings is 2. The summed E-state index contributed by atoms with van der Waals surface area (Å²) in [6.45, 7) is -0.606. The molecule has 1 aliphatic rings. The number of hydrogen-bond donors (Lipinski definition) is 0. The van der Waals surface area contributed by atoms with Crippen molar-refractivity contribution >= 4 is 11.8 Å². The van der Waals surface area contributed by atoms with E-state index < -0.39 is 82.1 Å². The summed E-state index contributed by atoms with van der Waals surface area (Å²) in [5.41, 5.74) is -7.38. The maximum Gasteiger partial charge on any atom is 0.573 e. The van der Waals surface area contributed by atoms with Crippen LogP contribution in [-0.2, 0) is 29.2 Å². The lowest BCUT2D eigenvalue weighted by molar-refractivity contribution is -0.385. The third kappa shape index (κ3) is 5.57. The van der Waals surface area contributed by atoms with E-state index in [1.54, 1.807) is 0 Å². The minimum Gasteiger partial charge on any atom is -0.447 e. The lowest BCUT2D eigenvalue weighted by Crippen LogP contribution is -2.42. The van der Waals surface area contributed by atoms with Crippen LogP contribution in [0.15, 0.2) is 36.4 Å². The Morgan fingerprint density at radius 2 is 1.56 bits per heavy atom. The van der Waals surface area contributed by atoms with Gasteiger partial charge in [-0.2, -0.15) is 26.3 Å². The van der Waals surface area contributed by atoms with E-state index in [9.17, 15) is 54.4 Å². The topological polar surface area (TPSA) is 81.9 Å². The van der Waals surface area contributed by atoms with Crippen molar-refractivity contribution in [3.8, 4) is 5.75 Å². The van der Waals surface area contributed by atoms with Crippen molar-refractivity contribution in [2.24, 2.45) is 0 Å². The number of nitro benzene ring substituents is 1. The number of cyclic esters (lactones) is 1. The van der Waals surface area contributed by atoms with E-state index in [4.69, 9.17) is 4.74 Å². The average molecular weight is 532 g/mol. The van der Waals surface area contributed by atoms with Crippen molar-refractivity contribution in [3.05, 3.63) is 68.8 Å². The van der Waals surface area contributed by atoms with Crippen LogP contribution in [0.3, 0.4) is 0 Å². The molecular formula is C20H13F9N2O5. The second kappa shape index (κ2) is 8.74. The molecule has 1 heterocycles. The Labute approximate surface area is 195 Å². The number of nitrogens with zero attached hydrogens (tertiary/aromatic N) is 2. The van der Waals surface area contributed by atoms with E-state index in [0.717, 1.165) is 6.92 Å². The first-order chi connectivity index (χ1) is 16.3. The zero-order valence-corrected chi connectivity index (χ0v) is 17.7. The van der Waals surface area contributed by atoms with Gasteiger partial charge in [-0.15, -0.1) is 13.2 Å². The Bertz CT molecular complexity index is 1160. The lowest BCUT2D eigenvalue weighted by Gasteiger charge is -2.33. The molecule has 0 radical (unpaired) electrons. The number of halogens is 9. The molecule has 2 aromatic carbocycles. The van der Waals surface area contributed by atoms with E-state index in [1.807, 2.05) is 0 Å². The van der Waals surface area contributed by atoms with Crippen molar-refractivity contribution in [1.29, 1.82) is 0 Å². The molecule has 0 saturated carbocycles. The molecule has 0 unspecified atom stereocenters. The Morgan fingerprint density at radius 1 is 1.00 bits per heavy atom. The van der Waals surface area contributed by atoms with Crippen molar-refractivity contribution in [2.45, 2.75) is 37.7 Å². The summed E-state index contributed by atoms with van der Waals surface area (Å²) in [5.74, 6) is -0.907. The van der Waals surface area contributed by atoms with Gasteiger partial charge < -0.3 is 9.47 Å². The number of carbonyl (C=O) groups is 1. The summed E-state index contributed by atoms with van der Waals surface area (Å²) < 4.78 is 126. The smallest absolute Gasteiger partial charge is 0.447 e. The summed E-state index contributed by atoms with van der Waals surface area (Å²) in [7, 11) is 0. The van der Waals surface area contributed by atoms with Crippen LogP contribution in [0.5, 0.6) is 5.75 Å². The highest BCUT2D eigenvalue weighted by Crippen LogP contribution is 2.43. The molecule has 7 nitrogen and oxygen atoms in total. The molecule has 16 heteroatoms. The van der Waals surface area contributed by atoms with Crippen LogP contribution >= 0.6 is 0 Å². The van der Waals surface area contributed by atoms with E-state index >= 15 is 0 Å². The fourth-order valence-electron chi connectivity index (χ4n) is 3.54. The highest BCUT2D eigenvalue weighted by molar-refractivity contribution is 5.72. The molecule has 36 heavy (non-hydrogen) atoms. The largest absolute Gasteiger partial charge is 0.573 e. The zero-order chi connectivity index (χ0) is 27.3. The Morgan fingerprint density at radius 3 is 2.03 bits per heavy atom. The van der Waals surface area contributed by atoms with E-state index in [0.29, 0.717) is 35.2 Å². The maximum atomic E-state index is 13.3. The minimum absolute atomic E-state index is 0.127. The first-order valence-electron chi connectivity index (χ1n) is 9.59. The van der Waals surface area contributed by atoms with Crippen LogP contribution in [0, 0.1) is 10.1 Å². The first kappa shape index (κ1) is 26.9. The molecule has 1 aliphatic heterocycles. The van der Waals surface area contributed by atoms with Gasteiger partial charge in [0.15, 0.2) is 0 Å². The molecular weight excluding hydrogens is 519 g/mol. The number of alkyl halides is 9. The van der Waals surface area contributed by atoms with Crippen LogP contribution < -0.4 is 4.74 Å². The van der Waals surface area contributed by atoms with Gasteiger partial charge in [0.2, 0.25) is 0 Å². The van der Waals surface area contributed by atoms with Gasteiger partial charge in [-0.05, 0) is 42.8 Å². The summed E-state index contributed by atoms with van der Waals surface area (Å²) in [4.78, 5) is 23.4. The predicted octanol–water partition coefficient (Wildman–Crippen LogP) is 6.40. The Balaban J connectivity index is 2.13. The van der Waals surface area contributed by atoms with Gasteiger partial charge in [0, 0.05) is 6.07 Å². The van der Waals surface area contributed by atoms with Crippen molar-refractivity contribution in [2.75, 3.05) is 6.61 Å². The van der Waals surface area contributed by atoms with Crippen LogP contribution in [0.2, 0.25) is 0 Å². The van der Waals surface area contributed by atoms with E-state index in [2.05, 4.69) is 4.74 Å². The Hall–Kier alpha value is -3.72. The highest BCUT2D eigenvalue weighted by Gasteiger charge is 2.48. The predicted molar refractivity (Wildman–Crippen MR) is 100 cm³/mol. The molecule has 1 fully saturated rings. The molecule has 0 bridgehead atoms. The van der Waals surface area contributed by atoms with Gasteiger partial charge in [-0.3, -0.25) is 15.0 Å². The fourth-order valence-corrected chi connectivity index (χ4v) is 3.54. The molecule has 1 saturated heterocycles. The second-order valence-electron chi connectivity index (χ2n) is 7.80. The highest BCUT2D eigenvalue weighted by atomic mass is 19.4. The molecule has 196 valence electrons. The van der Waals surface area contributed by atoms with Gasteiger partial charge in [-0.25, -0.2) is 4.79 Å².